The molecule has 2 fully saturated rings. The van der Waals surface area contributed by atoms with Gasteiger partial charge in [0.25, 0.3) is 0 Å². The Balaban J connectivity index is 1.57. The molecule has 0 saturated heterocycles. The summed E-state index contributed by atoms with van der Waals surface area (Å²) in [5.41, 5.74) is 6.75. The minimum atomic E-state index is 0.199. The molecule has 0 aromatic carbocycles. The smallest absolute Gasteiger partial charge is 0.223 e. The summed E-state index contributed by atoms with van der Waals surface area (Å²) in [5, 5.41) is 7.08. The number of fused-ring (bicyclic) bond motifs is 2. The number of nitrogen functional groups attached to an aromatic ring is 1. The molecule has 3 N–H and O–H groups in total. The second-order valence-corrected chi connectivity index (χ2v) is 5.68. The van der Waals surface area contributed by atoms with Gasteiger partial charge >= 0.3 is 0 Å². The van der Waals surface area contributed by atoms with Crippen molar-refractivity contribution in [3.63, 3.8) is 0 Å². The van der Waals surface area contributed by atoms with E-state index in [1.54, 1.807) is 17.9 Å². The molecule has 1 heterocycles. The van der Waals surface area contributed by atoms with E-state index < -0.39 is 0 Å². The molecule has 2 saturated carbocycles. The lowest BCUT2D eigenvalue weighted by Crippen LogP contribution is -2.33. The maximum absolute atomic E-state index is 12.1. The molecule has 98 valence electrons. The Kier molecular flexibility index (Phi) is 2.76. The van der Waals surface area contributed by atoms with Crippen molar-refractivity contribution in [3.8, 4) is 0 Å². The highest BCUT2D eigenvalue weighted by Gasteiger charge is 2.42. The van der Waals surface area contributed by atoms with Gasteiger partial charge in [0.05, 0.1) is 6.20 Å². The summed E-state index contributed by atoms with van der Waals surface area (Å²) < 4.78 is 1.62. The molecule has 3 rings (SSSR count). The highest BCUT2D eigenvalue weighted by molar-refractivity contribution is 5.79. The van der Waals surface area contributed by atoms with Crippen LogP contribution in [0.3, 0.4) is 0 Å². The minimum absolute atomic E-state index is 0.199. The van der Waals surface area contributed by atoms with Crippen LogP contribution in [0.2, 0.25) is 0 Å². The summed E-state index contributed by atoms with van der Waals surface area (Å²) in [4.78, 5) is 12.1. The standard InChI is InChI=1S/C13H20N4O/c1-17-12(14)10(7-16-17)6-15-13(18)11-5-8-2-3-9(11)4-8/h7-9,11H,2-6,14H2,1H3,(H,15,18). The Morgan fingerprint density at radius 3 is 2.94 bits per heavy atom. The lowest BCUT2D eigenvalue weighted by atomic mass is 9.88. The largest absolute Gasteiger partial charge is 0.384 e. The van der Waals surface area contributed by atoms with Gasteiger partial charge in [0.15, 0.2) is 0 Å². The molecule has 0 radical (unpaired) electrons. The second kappa shape index (κ2) is 4.30. The van der Waals surface area contributed by atoms with Gasteiger partial charge in [-0.3, -0.25) is 9.48 Å². The molecule has 0 aliphatic heterocycles. The molecule has 3 atom stereocenters. The predicted octanol–water partition coefficient (Wildman–Crippen LogP) is 1.05. The number of nitrogens with one attached hydrogen (secondary N) is 1. The zero-order chi connectivity index (χ0) is 12.7. The molecule has 18 heavy (non-hydrogen) atoms. The number of amides is 1. The van der Waals surface area contributed by atoms with E-state index in [-0.39, 0.29) is 11.8 Å². The first-order chi connectivity index (χ1) is 8.65. The van der Waals surface area contributed by atoms with Crippen LogP contribution in [0.4, 0.5) is 5.82 Å². The van der Waals surface area contributed by atoms with E-state index >= 15 is 0 Å². The van der Waals surface area contributed by atoms with Crippen molar-refractivity contribution < 1.29 is 4.79 Å². The summed E-state index contributed by atoms with van der Waals surface area (Å²) in [7, 11) is 1.80. The van der Waals surface area contributed by atoms with Crippen LogP contribution in [0.15, 0.2) is 6.20 Å². The maximum atomic E-state index is 12.1. The number of hydrogen-bond acceptors (Lipinski definition) is 3. The van der Waals surface area contributed by atoms with Crippen LogP contribution in [-0.4, -0.2) is 15.7 Å². The number of rotatable bonds is 3. The summed E-state index contributed by atoms with van der Waals surface area (Å²) in [6.07, 6.45) is 6.62. The topological polar surface area (TPSA) is 72.9 Å². The van der Waals surface area contributed by atoms with Gasteiger partial charge in [0.2, 0.25) is 5.91 Å². The molecule has 2 aliphatic rings. The third-order valence-corrected chi connectivity index (χ3v) is 4.59. The van der Waals surface area contributed by atoms with Gasteiger partial charge in [-0.15, -0.1) is 0 Å². The van der Waals surface area contributed by atoms with E-state index in [2.05, 4.69) is 10.4 Å². The Morgan fingerprint density at radius 2 is 2.39 bits per heavy atom. The summed E-state index contributed by atoms with van der Waals surface area (Å²) >= 11 is 0. The van der Waals surface area contributed by atoms with Crippen LogP contribution < -0.4 is 11.1 Å². The number of carbonyl (C=O) groups excluding carboxylic acids is 1. The highest BCUT2D eigenvalue weighted by Crippen LogP contribution is 2.48. The quantitative estimate of drug-likeness (QED) is 0.840. The average Bonchev–Trinajstić information content (AvgIpc) is 3.05. The van der Waals surface area contributed by atoms with Crippen molar-refractivity contribution in [2.45, 2.75) is 32.2 Å². The molecular formula is C13H20N4O. The van der Waals surface area contributed by atoms with Gasteiger partial charge in [0, 0.05) is 25.1 Å². The van der Waals surface area contributed by atoms with Gasteiger partial charge < -0.3 is 11.1 Å². The zero-order valence-electron chi connectivity index (χ0n) is 10.7. The fourth-order valence-electron chi connectivity index (χ4n) is 3.51. The Morgan fingerprint density at radius 1 is 1.56 bits per heavy atom. The van der Waals surface area contributed by atoms with Crippen molar-refractivity contribution in [3.05, 3.63) is 11.8 Å². The van der Waals surface area contributed by atoms with Crippen LogP contribution in [0.1, 0.15) is 31.2 Å². The van der Waals surface area contributed by atoms with Gasteiger partial charge in [-0.1, -0.05) is 6.42 Å². The van der Waals surface area contributed by atoms with E-state index in [4.69, 9.17) is 5.73 Å². The molecule has 2 bridgehead atoms. The molecule has 5 nitrogen and oxygen atoms in total. The lowest BCUT2D eigenvalue weighted by molar-refractivity contribution is -0.126. The SMILES string of the molecule is Cn1ncc(CNC(=O)C2CC3CCC2C3)c1N. The van der Waals surface area contributed by atoms with E-state index in [1.807, 2.05) is 0 Å². The second-order valence-electron chi connectivity index (χ2n) is 5.68. The number of hydrogen-bond donors (Lipinski definition) is 2. The van der Waals surface area contributed by atoms with Crippen molar-refractivity contribution in [1.82, 2.24) is 15.1 Å². The van der Waals surface area contributed by atoms with Crippen molar-refractivity contribution >= 4 is 11.7 Å². The van der Waals surface area contributed by atoms with E-state index in [0.717, 1.165) is 17.9 Å². The summed E-state index contributed by atoms with van der Waals surface area (Å²) in [5.74, 6) is 2.49. The van der Waals surface area contributed by atoms with Crippen LogP contribution in [0.25, 0.3) is 0 Å². The number of nitrogens with zero attached hydrogens (tertiary/aromatic N) is 2. The molecular weight excluding hydrogens is 228 g/mol. The third-order valence-electron chi connectivity index (χ3n) is 4.59. The fraction of sp³-hybridized carbons (Fsp3) is 0.692. The first kappa shape index (κ1) is 11.6. The van der Waals surface area contributed by atoms with Crippen molar-refractivity contribution in [2.24, 2.45) is 24.8 Å². The highest BCUT2D eigenvalue weighted by atomic mass is 16.1. The van der Waals surface area contributed by atoms with Crippen LogP contribution in [0, 0.1) is 17.8 Å². The molecule has 1 aromatic rings. The van der Waals surface area contributed by atoms with Crippen LogP contribution in [0.5, 0.6) is 0 Å². The zero-order valence-corrected chi connectivity index (χ0v) is 10.7. The Labute approximate surface area is 107 Å². The van der Waals surface area contributed by atoms with Crippen molar-refractivity contribution in [2.75, 3.05) is 5.73 Å². The van der Waals surface area contributed by atoms with Gasteiger partial charge in [-0.05, 0) is 31.1 Å². The number of aryl methyl sites for hydroxylation is 1. The fourth-order valence-corrected chi connectivity index (χ4v) is 3.51. The molecule has 1 amide bonds. The predicted molar refractivity (Wildman–Crippen MR) is 68.4 cm³/mol. The molecule has 0 spiro atoms. The number of aromatic nitrogens is 2. The van der Waals surface area contributed by atoms with E-state index in [1.165, 1.54) is 19.3 Å². The monoisotopic (exact) mass is 248 g/mol. The maximum Gasteiger partial charge on any atom is 0.223 e. The van der Waals surface area contributed by atoms with E-state index in [9.17, 15) is 4.79 Å². The summed E-state index contributed by atoms with van der Waals surface area (Å²) in [6, 6.07) is 0. The molecule has 2 aliphatic carbocycles. The number of carbonyl (C=O) groups is 1. The first-order valence-electron chi connectivity index (χ1n) is 6.69. The minimum Gasteiger partial charge on any atom is -0.384 e. The van der Waals surface area contributed by atoms with Gasteiger partial charge in [-0.2, -0.15) is 5.10 Å². The van der Waals surface area contributed by atoms with Crippen LogP contribution >= 0.6 is 0 Å². The third kappa shape index (κ3) is 1.87. The van der Waals surface area contributed by atoms with Crippen molar-refractivity contribution in [1.29, 1.82) is 0 Å². The number of anilines is 1. The first-order valence-corrected chi connectivity index (χ1v) is 6.69. The number of nitrogens with two attached hydrogens (primary N) is 1. The van der Waals surface area contributed by atoms with Gasteiger partial charge in [-0.25, -0.2) is 0 Å². The molecule has 1 aromatic heterocycles. The molecule has 3 unspecified atom stereocenters. The van der Waals surface area contributed by atoms with Gasteiger partial charge in [0.1, 0.15) is 5.82 Å². The average molecular weight is 248 g/mol. The van der Waals surface area contributed by atoms with E-state index in [0.29, 0.717) is 18.3 Å². The summed E-state index contributed by atoms with van der Waals surface area (Å²) in [6.45, 7) is 0.492. The Hall–Kier alpha value is -1.52. The Bertz CT molecular complexity index is 468. The lowest BCUT2D eigenvalue weighted by Gasteiger charge is -2.20. The van der Waals surface area contributed by atoms with Crippen LogP contribution in [-0.2, 0) is 18.4 Å². The normalized spacial score (nSPS) is 29.7. The molecule has 5 heteroatoms.